The number of nitrogens with zero attached hydrogens (tertiary/aromatic N) is 2. The first-order valence-electron chi connectivity index (χ1n) is 9.58. The first kappa shape index (κ1) is 22.9. The monoisotopic (exact) mass is 434 g/mol. The van der Waals surface area contributed by atoms with Crippen molar-refractivity contribution in [3.8, 4) is 5.75 Å². The molecule has 0 spiro atoms. The lowest BCUT2D eigenvalue weighted by Crippen LogP contribution is -2.28. The zero-order chi connectivity index (χ0) is 21.6. The van der Waals surface area contributed by atoms with Crippen LogP contribution in [0, 0.1) is 6.92 Å². The minimum atomic E-state index is -1.66. The molecule has 0 amide bonds. The molecule has 1 atom stereocenters. The van der Waals surface area contributed by atoms with Gasteiger partial charge in [-0.2, -0.15) is 9.50 Å². The summed E-state index contributed by atoms with van der Waals surface area (Å²) in [7, 11) is -1.66. The maximum absolute atomic E-state index is 12.4. The third-order valence-electron chi connectivity index (χ3n) is 3.89. The number of amidine groups is 1. The maximum Gasteiger partial charge on any atom is 0.279 e. The van der Waals surface area contributed by atoms with Crippen LogP contribution in [0.4, 0.5) is 5.69 Å². The van der Waals surface area contributed by atoms with Crippen molar-refractivity contribution in [3.63, 3.8) is 0 Å². The van der Waals surface area contributed by atoms with E-state index < -0.39 is 16.5 Å². The largest absolute Gasteiger partial charge is 0.505 e. The third kappa shape index (κ3) is 4.79. The lowest BCUT2D eigenvalue weighted by Gasteiger charge is -2.18. The van der Waals surface area contributed by atoms with Crippen molar-refractivity contribution >= 4 is 39.2 Å². The molecule has 4 rings (SSSR count). The van der Waals surface area contributed by atoms with Gasteiger partial charge < -0.3 is 10.4 Å². The van der Waals surface area contributed by atoms with Crippen molar-refractivity contribution in [1.82, 2.24) is 10.2 Å². The predicted octanol–water partition coefficient (Wildman–Crippen LogP) is 4.21. The summed E-state index contributed by atoms with van der Waals surface area (Å²) in [5.74, 6) is 0.713. The molecule has 9 heteroatoms. The van der Waals surface area contributed by atoms with Crippen molar-refractivity contribution < 1.29 is 9.32 Å². The summed E-state index contributed by atoms with van der Waals surface area (Å²) in [4.78, 5) is 13.6. The molecule has 156 valence electrons. The van der Waals surface area contributed by atoms with Gasteiger partial charge in [-0.25, -0.2) is 9.31 Å². The average Bonchev–Trinajstić information content (AvgIpc) is 3.26. The number of hydrogen-bond donors (Lipinski definition) is 3. The molecular formula is C20H26N4O3S2. The fourth-order valence-electron chi connectivity index (χ4n) is 2.68. The number of hydrogen-bond acceptors (Lipinski definition) is 6. The van der Waals surface area contributed by atoms with Crippen LogP contribution in [0.3, 0.4) is 0 Å². The van der Waals surface area contributed by atoms with Gasteiger partial charge in [-0.15, -0.1) is 11.8 Å². The van der Waals surface area contributed by atoms with Gasteiger partial charge in [0.15, 0.2) is 22.6 Å². The number of rotatable bonds is 2. The van der Waals surface area contributed by atoms with Gasteiger partial charge >= 0.3 is 0 Å². The molecule has 0 radical (unpaired) electrons. The Kier molecular flexibility index (Phi) is 8.21. The van der Waals surface area contributed by atoms with Gasteiger partial charge in [-0.3, -0.25) is 4.79 Å². The molecule has 0 saturated heterocycles. The Labute approximate surface area is 177 Å². The van der Waals surface area contributed by atoms with Gasteiger partial charge in [-0.05, 0) is 31.0 Å². The molecule has 3 N–H and O–H groups in total. The van der Waals surface area contributed by atoms with E-state index in [0.29, 0.717) is 16.3 Å². The number of anilines is 1. The van der Waals surface area contributed by atoms with Crippen molar-refractivity contribution in [2.75, 3.05) is 11.1 Å². The summed E-state index contributed by atoms with van der Waals surface area (Å²) in [5.41, 5.74) is 1.22. The first-order valence-corrected chi connectivity index (χ1v) is 11.7. The topological polar surface area (TPSA) is 107 Å². The second kappa shape index (κ2) is 10.4. The van der Waals surface area contributed by atoms with E-state index in [1.165, 1.54) is 0 Å². The minimum absolute atomic E-state index is 0.0574. The molecule has 7 nitrogen and oxygen atoms in total. The van der Waals surface area contributed by atoms with E-state index in [1.54, 1.807) is 23.9 Å². The van der Waals surface area contributed by atoms with Crippen molar-refractivity contribution in [2.24, 2.45) is 4.40 Å². The molecule has 0 fully saturated rings. The fraction of sp³-hybridized carbons (Fsp3) is 0.350. The van der Waals surface area contributed by atoms with E-state index in [9.17, 15) is 14.1 Å². The minimum Gasteiger partial charge on any atom is -0.505 e. The molecule has 0 saturated carbocycles. The van der Waals surface area contributed by atoms with Crippen molar-refractivity contribution in [1.29, 1.82) is 0 Å². The van der Waals surface area contributed by atoms with Gasteiger partial charge in [0.25, 0.3) is 5.56 Å². The quantitative estimate of drug-likeness (QED) is 0.654. The summed E-state index contributed by atoms with van der Waals surface area (Å²) in [6, 6.07) is 5.43. The molecule has 2 aliphatic heterocycles. The highest BCUT2D eigenvalue weighted by molar-refractivity contribution is 8.08. The summed E-state index contributed by atoms with van der Waals surface area (Å²) >= 11 is 1.56. The maximum atomic E-state index is 12.4. The summed E-state index contributed by atoms with van der Waals surface area (Å²) < 4.78 is 16.5. The van der Waals surface area contributed by atoms with E-state index in [-0.39, 0.29) is 17.1 Å². The van der Waals surface area contributed by atoms with Crippen LogP contribution >= 0.6 is 11.8 Å². The summed E-state index contributed by atoms with van der Waals surface area (Å²) in [5, 5.41) is 19.9. The van der Waals surface area contributed by atoms with E-state index >= 15 is 0 Å². The van der Waals surface area contributed by atoms with Crippen LogP contribution in [0.1, 0.15) is 50.9 Å². The highest BCUT2D eigenvalue weighted by atomic mass is 32.2. The molecule has 29 heavy (non-hydrogen) atoms. The Morgan fingerprint density at radius 2 is 1.93 bits per heavy atom. The molecule has 0 bridgehead atoms. The van der Waals surface area contributed by atoms with Crippen LogP contribution in [0.2, 0.25) is 0 Å². The van der Waals surface area contributed by atoms with Crippen LogP contribution in [0.5, 0.6) is 5.75 Å². The highest BCUT2D eigenvalue weighted by Gasteiger charge is 2.26. The Bertz CT molecular complexity index is 1030. The number of allylic oxidation sites excluding steroid dienone is 1. The van der Waals surface area contributed by atoms with Crippen molar-refractivity contribution in [2.45, 2.75) is 45.9 Å². The molecule has 1 unspecified atom stereocenters. The second-order valence-electron chi connectivity index (χ2n) is 5.64. The van der Waals surface area contributed by atoms with E-state index in [4.69, 9.17) is 0 Å². The van der Waals surface area contributed by atoms with Crippen LogP contribution in [-0.4, -0.2) is 31.1 Å². The molecule has 2 aromatic rings. The molecule has 3 heterocycles. The predicted molar refractivity (Wildman–Crippen MR) is 122 cm³/mol. The van der Waals surface area contributed by atoms with Gasteiger partial charge in [0.1, 0.15) is 11.3 Å². The number of aromatic nitrogens is 2. The lowest BCUT2D eigenvalue weighted by atomic mass is 10.1. The van der Waals surface area contributed by atoms with Gasteiger partial charge in [0.05, 0.1) is 10.6 Å². The number of fused-ring (bicyclic) bond motifs is 1. The molecule has 1 aromatic carbocycles. The lowest BCUT2D eigenvalue weighted by molar-refractivity contribution is 0.466. The molecule has 2 aliphatic rings. The number of H-pyrrole nitrogens is 1. The standard InChI is InChI=1S/C16H14N4O3S2.2C2H6/c1-8-4-5-9-11(7-8)25(23)20-15(17-9)12-14(21)13(18-19-16(12)22)10-3-2-6-24-10;2*1-2/h3-5,7H,2,6H2,1H3,(H,17,20)(H2,19,21,22);2*1-2H3. The SMILES string of the molecule is CC.CC.Cc1ccc2c(c1)S(=O)N=C(c1c(O)c(C3=CCCS3)n[nH]c1=O)N2. The second-order valence-corrected chi connectivity index (χ2v) is 7.90. The zero-order valence-corrected chi connectivity index (χ0v) is 18.8. The summed E-state index contributed by atoms with van der Waals surface area (Å²) in [6.07, 6.45) is 2.84. The van der Waals surface area contributed by atoms with Crippen LogP contribution < -0.4 is 10.9 Å². The normalized spacial score (nSPS) is 16.8. The van der Waals surface area contributed by atoms with Gasteiger partial charge in [-0.1, -0.05) is 39.8 Å². The Morgan fingerprint density at radius 1 is 1.21 bits per heavy atom. The van der Waals surface area contributed by atoms with Gasteiger partial charge in [0, 0.05) is 10.7 Å². The van der Waals surface area contributed by atoms with Crippen LogP contribution in [0.15, 0.2) is 38.4 Å². The fourth-order valence-corrected chi connectivity index (χ4v) is 4.65. The Morgan fingerprint density at radius 3 is 2.59 bits per heavy atom. The molecule has 0 aliphatic carbocycles. The zero-order valence-electron chi connectivity index (χ0n) is 17.2. The van der Waals surface area contributed by atoms with Crippen LogP contribution in [-0.2, 0) is 11.0 Å². The summed E-state index contributed by atoms with van der Waals surface area (Å²) in [6.45, 7) is 9.90. The average molecular weight is 435 g/mol. The van der Waals surface area contributed by atoms with E-state index in [2.05, 4.69) is 19.9 Å². The Hall–Kier alpha value is -2.39. The number of thioether (sulfide) groups is 1. The molecular weight excluding hydrogens is 408 g/mol. The Balaban J connectivity index is 0.000000707. The van der Waals surface area contributed by atoms with Gasteiger partial charge in [0.2, 0.25) is 0 Å². The molecule has 1 aromatic heterocycles. The third-order valence-corrected chi connectivity index (χ3v) is 6.06. The first-order chi connectivity index (χ1) is 14.0. The number of aryl methyl sites for hydroxylation is 1. The number of aromatic hydroxyl groups is 1. The van der Waals surface area contributed by atoms with E-state index in [0.717, 1.165) is 22.6 Å². The van der Waals surface area contributed by atoms with Crippen LogP contribution in [0.25, 0.3) is 4.91 Å². The highest BCUT2D eigenvalue weighted by Crippen LogP contribution is 2.37. The number of aromatic amines is 1. The smallest absolute Gasteiger partial charge is 0.279 e. The number of nitrogens with one attached hydrogen (secondary N) is 2. The number of benzene rings is 1. The van der Waals surface area contributed by atoms with Crippen molar-refractivity contribution in [3.05, 3.63) is 51.4 Å². The van der Waals surface area contributed by atoms with E-state index in [1.807, 2.05) is 46.8 Å².